The highest BCUT2D eigenvalue weighted by Gasteiger charge is 2.29. The van der Waals surface area contributed by atoms with Gasteiger partial charge in [-0.2, -0.15) is 0 Å². The molecule has 3 unspecified atom stereocenters. The van der Waals surface area contributed by atoms with Gasteiger partial charge in [0.15, 0.2) is 0 Å². The molecule has 0 aromatic heterocycles. The number of nitrogens with zero attached hydrogens (tertiary/aromatic N) is 1. The number of likely N-dealkylation sites (tertiary alicyclic amines) is 1. The van der Waals surface area contributed by atoms with Gasteiger partial charge in [0.1, 0.15) is 0 Å². The predicted molar refractivity (Wildman–Crippen MR) is 79.7 cm³/mol. The lowest BCUT2D eigenvalue weighted by Gasteiger charge is -2.40. The zero-order chi connectivity index (χ0) is 13.3. The molecule has 3 atom stereocenters. The lowest BCUT2D eigenvalue weighted by Crippen LogP contribution is -2.48. The van der Waals surface area contributed by atoms with Crippen molar-refractivity contribution in [3.63, 3.8) is 0 Å². The largest absolute Gasteiger partial charge is 0.381 e. The summed E-state index contributed by atoms with van der Waals surface area (Å²) in [5.41, 5.74) is 0.942. The summed E-state index contributed by atoms with van der Waals surface area (Å²) in [5, 5.41) is 5.00. The predicted octanol–water partition coefficient (Wildman–Crippen LogP) is 4.13. The fraction of sp³-hybridized carbons (Fsp3) is 0.571. The second-order valence-corrected chi connectivity index (χ2v) is 6.22. The maximum absolute atomic E-state index is 6.20. The van der Waals surface area contributed by atoms with Crippen LogP contribution in [0.15, 0.2) is 18.2 Å². The molecule has 0 radical (unpaired) electrons. The lowest BCUT2D eigenvalue weighted by atomic mass is 9.89. The van der Waals surface area contributed by atoms with E-state index in [1.54, 1.807) is 0 Å². The Hall–Kier alpha value is -0.440. The number of hydrogen-bond donors (Lipinski definition) is 1. The Morgan fingerprint density at radius 3 is 2.72 bits per heavy atom. The van der Waals surface area contributed by atoms with Crippen molar-refractivity contribution in [2.45, 2.75) is 32.4 Å². The van der Waals surface area contributed by atoms with Crippen molar-refractivity contribution >= 4 is 28.9 Å². The molecule has 0 aliphatic carbocycles. The number of piperidine rings is 1. The second-order valence-electron chi connectivity index (χ2n) is 5.38. The minimum atomic E-state index is 0.451. The van der Waals surface area contributed by atoms with E-state index in [9.17, 15) is 0 Å². The molecule has 1 saturated heterocycles. The third kappa shape index (κ3) is 3.11. The molecule has 1 N–H and O–H groups in total. The molecule has 1 aliphatic rings. The van der Waals surface area contributed by atoms with E-state index in [2.05, 4.69) is 31.1 Å². The molecule has 1 fully saturated rings. The van der Waals surface area contributed by atoms with Gasteiger partial charge in [-0.1, -0.05) is 30.1 Å². The van der Waals surface area contributed by atoms with Gasteiger partial charge in [-0.3, -0.25) is 0 Å². The van der Waals surface area contributed by atoms with Crippen LogP contribution in [0.4, 0.5) is 5.69 Å². The van der Waals surface area contributed by atoms with Crippen LogP contribution in [0.25, 0.3) is 0 Å². The van der Waals surface area contributed by atoms with Gasteiger partial charge < -0.3 is 10.2 Å². The maximum Gasteiger partial charge on any atom is 0.0638 e. The van der Waals surface area contributed by atoms with E-state index < -0.39 is 0 Å². The molecular weight excluding hydrogens is 267 g/mol. The summed E-state index contributed by atoms with van der Waals surface area (Å²) in [5.74, 6) is 0.598. The van der Waals surface area contributed by atoms with Gasteiger partial charge in [0.05, 0.1) is 10.7 Å². The van der Waals surface area contributed by atoms with Crippen molar-refractivity contribution in [1.29, 1.82) is 0 Å². The number of nitrogens with one attached hydrogen (secondary N) is 1. The maximum atomic E-state index is 6.20. The van der Waals surface area contributed by atoms with E-state index >= 15 is 0 Å². The van der Waals surface area contributed by atoms with Crippen molar-refractivity contribution in [2.24, 2.45) is 5.92 Å². The first-order valence-corrected chi connectivity index (χ1v) is 7.15. The molecule has 2 rings (SSSR count). The van der Waals surface area contributed by atoms with Crippen LogP contribution in [0, 0.1) is 5.92 Å². The molecule has 2 nitrogen and oxygen atoms in total. The first kappa shape index (κ1) is 14.0. The van der Waals surface area contributed by atoms with Crippen LogP contribution < -0.4 is 5.32 Å². The molecule has 1 aromatic carbocycles. The van der Waals surface area contributed by atoms with Gasteiger partial charge in [-0.05, 0) is 44.5 Å². The van der Waals surface area contributed by atoms with Gasteiger partial charge in [0.2, 0.25) is 0 Å². The zero-order valence-electron chi connectivity index (χ0n) is 11.1. The first-order valence-electron chi connectivity index (χ1n) is 6.39. The van der Waals surface area contributed by atoms with E-state index in [0.717, 1.165) is 28.7 Å². The molecule has 1 heterocycles. The van der Waals surface area contributed by atoms with Gasteiger partial charge in [0.25, 0.3) is 0 Å². The van der Waals surface area contributed by atoms with Crippen LogP contribution in [0.1, 0.15) is 20.3 Å². The molecule has 1 aromatic rings. The number of benzene rings is 1. The summed E-state index contributed by atoms with van der Waals surface area (Å²) in [4.78, 5) is 2.41. The van der Waals surface area contributed by atoms with Gasteiger partial charge in [-0.15, -0.1) is 0 Å². The topological polar surface area (TPSA) is 15.3 Å². The Balaban J connectivity index is 2.11. The zero-order valence-corrected chi connectivity index (χ0v) is 12.6. The first-order chi connectivity index (χ1) is 8.47. The van der Waals surface area contributed by atoms with Gasteiger partial charge >= 0.3 is 0 Å². The highest BCUT2D eigenvalue weighted by molar-refractivity contribution is 6.35. The summed E-state index contributed by atoms with van der Waals surface area (Å²) in [6, 6.07) is 6.61. The summed E-state index contributed by atoms with van der Waals surface area (Å²) < 4.78 is 0. The lowest BCUT2D eigenvalue weighted by molar-refractivity contribution is 0.145. The van der Waals surface area contributed by atoms with E-state index in [1.165, 1.54) is 0 Å². The standard InChI is InChI=1S/C14H20Cl2N2/c1-9-8-18(3)10(2)6-13(9)17-14-7-11(15)4-5-12(14)16/h4-5,7,9-10,13,17H,6,8H2,1-3H3. The van der Waals surface area contributed by atoms with E-state index in [0.29, 0.717) is 18.0 Å². The van der Waals surface area contributed by atoms with Crippen LogP contribution in [0.2, 0.25) is 10.0 Å². The third-order valence-electron chi connectivity index (χ3n) is 3.88. The van der Waals surface area contributed by atoms with Gasteiger partial charge in [-0.25, -0.2) is 0 Å². The average Bonchev–Trinajstić information content (AvgIpc) is 2.30. The minimum Gasteiger partial charge on any atom is -0.381 e. The monoisotopic (exact) mass is 286 g/mol. The quantitative estimate of drug-likeness (QED) is 0.879. The molecule has 0 saturated carbocycles. The van der Waals surface area contributed by atoms with E-state index in [-0.39, 0.29) is 0 Å². The molecule has 0 bridgehead atoms. The molecule has 0 spiro atoms. The molecule has 100 valence electrons. The summed E-state index contributed by atoms with van der Waals surface area (Å²) >= 11 is 12.2. The summed E-state index contributed by atoms with van der Waals surface area (Å²) in [7, 11) is 2.18. The molecular formula is C14H20Cl2N2. The smallest absolute Gasteiger partial charge is 0.0638 e. The average molecular weight is 287 g/mol. The highest BCUT2D eigenvalue weighted by Crippen LogP contribution is 2.30. The number of hydrogen-bond acceptors (Lipinski definition) is 2. The van der Waals surface area contributed by atoms with E-state index in [1.807, 2.05) is 18.2 Å². The third-order valence-corrected chi connectivity index (χ3v) is 4.44. The highest BCUT2D eigenvalue weighted by atomic mass is 35.5. The van der Waals surface area contributed by atoms with Crippen molar-refractivity contribution in [3.05, 3.63) is 28.2 Å². The van der Waals surface area contributed by atoms with Crippen molar-refractivity contribution < 1.29 is 0 Å². The minimum absolute atomic E-state index is 0.451. The Bertz CT molecular complexity index is 422. The summed E-state index contributed by atoms with van der Waals surface area (Å²) in [6.45, 7) is 5.65. The number of anilines is 1. The Morgan fingerprint density at radius 2 is 2.00 bits per heavy atom. The molecule has 18 heavy (non-hydrogen) atoms. The molecule has 4 heteroatoms. The molecule has 0 amide bonds. The van der Waals surface area contributed by atoms with Crippen LogP contribution >= 0.6 is 23.2 Å². The Morgan fingerprint density at radius 1 is 1.28 bits per heavy atom. The number of halogens is 2. The molecule has 1 aliphatic heterocycles. The Labute approximate surface area is 119 Å². The fourth-order valence-corrected chi connectivity index (χ4v) is 2.89. The number of rotatable bonds is 2. The normalized spacial score (nSPS) is 29.3. The second kappa shape index (κ2) is 5.68. The van der Waals surface area contributed by atoms with Gasteiger partial charge in [0, 0.05) is 23.7 Å². The summed E-state index contributed by atoms with van der Waals surface area (Å²) in [6.07, 6.45) is 1.13. The van der Waals surface area contributed by atoms with E-state index in [4.69, 9.17) is 23.2 Å². The van der Waals surface area contributed by atoms with Crippen LogP contribution in [-0.2, 0) is 0 Å². The van der Waals surface area contributed by atoms with Crippen LogP contribution in [0.5, 0.6) is 0 Å². The SMILES string of the molecule is CC1CN(C)C(C)CC1Nc1cc(Cl)ccc1Cl. The van der Waals surface area contributed by atoms with Crippen molar-refractivity contribution in [1.82, 2.24) is 4.90 Å². The Kier molecular flexibility index (Phi) is 4.41. The van der Waals surface area contributed by atoms with Crippen LogP contribution in [-0.4, -0.2) is 30.6 Å². The van der Waals surface area contributed by atoms with Crippen molar-refractivity contribution in [3.8, 4) is 0 Å². The van der Waals surface area contributed by atoms with Crippen molar-refractivity contribution in [2.75, 3.05) is 18.9 Å². The fourth-order valence-electron chi connectivity index (χ4n) is 2.55. The van der Waals surface area contributed by atoms with Crippen LogP contribution in [0.3, 0.4) is 0 Å².